The van der Waals surface area contributed by atoms with Gasteiger partial charge in [-0.3, -0.25) is 0 Å². The molecule has 21 heavy (non-hydrogen) atoms. The molecule has 4 nitrogen and oxygen atoms in total. The minimum absolute atomic E-state index is 0.0467. The van der Waals surface area contributed by atoms with Crippen LogP contribution in [-0.4, -0.2) is 54.6 Å². The van der Waals surface area contributed by atoms with Crippen molar-refractivity contribution in [3.63, 3.8) is 0 Å². The van der Waals surface area contributed by atoms with Gasteiger partial charge in [0.1, 0.15) is 5.82 Å². The molecular weight excluding hydrogens is 269 g/mol. The number of amides is 2. The summed E-state index contributed by atoms with van der Waals surface area (Å²) in [6, 6.07) is 6.58. The number of likely N-dealkylation sites (N-methyl/N-ethyl adjacent to an activating group) is 1. The van der Waals surface area contributed by atoms with Gasteiger partial charge in [0, 0.05) is 32.2 Å². The van der Waals surface area contributed by atoms with E-state index in [2.05, 4.69) is 17.1 Å². The Balaban J connectivity index is 1.81. The minimum atomic E-state index is -0.213. The van der Waals surface area contributed by atoms with Crippen molar-refractivity contribution in [3.05, 3.63) is 35.6 Å². The van der Waals surface area contributed by atoms with E-state index in [4.69, 9.17) is 0 Å². The van der Waals surface area contributed by atoms with Crippen LogP contribution in [0, 0.1) is 5.82 Å². The molecule has 0 spiro atoms. The zero-order valence-electron chi connectivity index (χ0n) is 12.8. The van der Waals surface area contributed by atoms with Gasteiger partial charge in [-0.15, -0.1) is 0 Å². The lowest BCUT2D eigenvalue weighted by Gasteiger charge is -2.34. The van der Waals surface area contributed by atoms with Crippen LogP contribution < -0.4 is 5.32 Å². The Morgan fingerprint density at radius 1 is 1.29 bits per heavy atom. The molecule has 2 amide bonds. The lowest BCUT2D eigenvalue weighted by atomic mass is 10.1. The number of carbonyl (C=O) groups excluding carboxylic acids is 1. The predicted octanol–water partition coefficient (Wildman–Crippen LogP) is 2.10. The van der Waals surface area contributed by atoms with Crippen LogP contribution in [0.25, 0.3) is 0 Å². The third-order valence-electron chi connectivity index (χ3n) is 3.96. The molecule has 1 heterocycles. The minimum Gasteiger partial charge on any atom is -0.335 e. The molecule has 116 valence electrons. The third-order valence-corrected chi connectivity index (χ3v) is 3.96. The van der Waals surface area contributed by atoms with E-state index in [1.54, 1.807) is 12.1 Å². The summed E-state index contributed by atoms with van der Waals surface area (Å²) in [5.41, 5.74) is 0.640. The van der Waals surface area contributed by atoms with Crippen molar-refractivity contribution in [2.45, 2.75) is 26.3 Å². The van der Waals surface area contributed by atoms with Crippen molar-refractivity contribution in [1.82, 2.24) is 15.1 Å². The first-order valence-corrected chi connectivity index (χ1v) is 7.61. The molecule has 1 saturated heterocycles. The average Bonchev–Trinajstić information content (AvgIpc) is 2.49. The molecule has 0 saturated carbocycles. The molecule has 0 aliphatic carbocycles. The summed E-state index contributed by atoms with van der Waals surface area (Å²) in [4.78, 5) is 16.3. The first kappa shape index (κ1) is 15.8. The lowest BCUT2D eigenvalue weighted by molar-refractivity contribution is 0.141. The second-order valence-corrected chi connectivity index (χ2v) is 5.57. The maximum Gasteiger partial charge on any atom is 0.317 e. The number of rotatable bonds is 4. The van der Waals surface area contributed by atoms with Crippen molar-refractivity contribution in [3.8, 4) is 0 Å². The molecule has 1 aromatic carbocycles. The number of urea groups is 1. The molecule has 2 rings (SSSR count). The van der Waals surface area contributed by atoms with Gasteiger partial charge in [-0.2, -0.15) is 0 Å². The highest BCUT2D eigenvalue weighted by Gasteiger charge is 2.21. The van der Waals surface area contributed by atoms with E-state index in [1.807, 2.05) is 17.9 Å². The zero-order chi connectivity index (χ0) is 15.2. The average molecular weight is 293 g/mol. The number of nitrogens with one attached hydrogen (secondary N) is 1. The van der Waals surface area contributed by atoms with E-state index in [0.29, 0.717) is 12.0 Å². The van der Waals surface area contributed by atoms with Crippen LogP contribution in [-0.2, 0) is 6.42 Å². The molecule has 0 radical (unpaired) electrons. The molecule has 1 aliphatic heterocycles. The van der Waals surface area contributed by atoms with Gasteiger partial charge in [-0.1, -0.05) is 25.1 Å². The molecule has 1 fully saturated rings. The Morgan fingerprint density at radius 2 is 1.95 bits per heavy atom. The largest absolute Gasteiger partial charge is 0.335 e. The van der Waals surface area contributed by atoms with E-state index < -0.39 is 0 Å². The number of benzene rings is 1. The van der Waals surface area contributed by atoms with E-state index in [9.17, 15) is 9.18 Å². The Bertz CT molecular complexity index is 472. The Kier molecular flexibility index (Phi) is 5.56. The van der Waals surface area contributed by atoms with E-state index in [0.717, 1.165) is 32.7 Å². The maximum absolute atomic E-state index is 13.6. The van der Waals surface area contributed by atoms with Crippen LogP contribution >= 0.6 is 0 Å². The van der Waals surface area contributed by atoms with E-state index in [1.165, 1.54) is 6.07 Å². The monoisotopic (exact) mass is 293 g/mol. The quantitative estimate of drug-likeness (QED) is 0.923. The van der Waals surface area contributed by atoms with Crippen molar-refractivity contribution in [2.75, 3.05) is 32.7 Å². The van der Waals surface area contributed by atoms with Crippen molar-refractivity contribution >= 4 is 6.03 Å². The fourth-order valence-electron chi connectivity index (χ4n) is 2.61. The van der Waals surface area contributed by atoms with Crippen LogP contribution in [0.3, 0.4) is 0 Å². The van der Waals surface area contributed by atoms with Crippen LogP contribution in [0.15, 0.2) is 24.3 Å². The Labute approximate surface area is 125 Å². The molecule has 1 aliphatic rings. The van der Waals surface area contributed by atoms with Gasteiger partial charge >= 0.3 is 6.03 Å². The molecule has 0 aromatic heterocycles. The summed E-state index contributed by atoms with van der Waals surface area (Å²) in [5, 5.41) is 2.96. The second kappa shape index (κ2) is 7.41. The van der Waals surface area contributed by atoms with Gasteiger partial charge in [0.25, 0.3) is 0 Å². The summed E-state index contributed by atoms with van der Waals surface area (Å²) in [7, 11) is 0. The van der Waals surface area contributed by atoms with Gasteiger partial charge in [-0.05, 0) is 31.5 Å². The normalized spacial score (nSPS) is 17.6. The predicted molar refractivity (Wildman–Crippen MR) is 81.8 cm³/mol. The maximum atomic E-state index is 13.6. The molecule has 5 heteroatoms. The molecule has 1 atom stereocenters. The lowest BCUT2D eigenvalue weighted by Crippen LogP contribution is -2.53. The topological polar surface area (TPSA) is 35.6 Å². The highest BCUT2D eigenvalue weighted by atomic mass is 19.1. The van der Waals surface area contributed by atoms with Gasteiger partial charge in [0.05, 0.1) is 0 Å². The zero-order valence-corrected chi connectivity index (χ0v) is 12.8. The Hall–Kier alpha value is -1.62. The van der Waals surface area contributed by atoms with Crippen LogP contribution in [0.5, 0.6) is 0 Å². The molecule has 0 bridgehead atoms. The SMILES string of the molecule is CCN1CCN(C(=O)NC(C)Cc2ccccc2F)CC1. The number of hydrogen-bond donors (Lipinski definition) is 1. The third kappa shape index (κ3) is 4.43. The van der Waals surface area contributed by atoms with Gasteiger partial charge in [-0.25, -0.2) is 9.18 Å². The van der Waals surface area contributed by atoms with Crippen LogP contribution in [0.1, 0.15) is 19.4 Å². The van der Waals surface area contributed by atoms with Crippen molar-refractivity contribution < 1.29 is 9.18 Å². The summed E-state index contributed by atoms with van der Waals surface area (Å²) < 4.78 is 13.6. The Morgan fingerprint density at radius 3 is 2.57 bits per heavy atom. The first-order chi connectivity index (χ1) is 10.1. The summed E-state index contributed by atoms with van der Waals surface area (Å²) >= 11 is 0. The van der Waals surface area contributed by atoms with E-state index >= 15 is 0 Å². The molecule has 1 unspecified atom stereocenters. The van der Waals surface area contributed by atoms with Gasteiger partial charge in [0.15, 0.2) is 0 Å². The fourth-order valence-corrected chi connectivity index (χ4v) is 2.61. The molecule has 1 N–H and O–H groups in total. The second-order valence-electron chi connectivity index (χ2n) is 5.57. The number of halogens is 1. The van der Waals surface area contributed by atoms with E-state index in [-0.39, 0.29) is 17.9 Å². The summed E-state index contributed by atoms with van der Waals surface area (Å²) in [6.45, 7) is 8.42. The summed E-state index contributed by atoms with van der Waals surface area (Å²) in [6.07, 6.45) is 0.507. The van der Waals surface area contributed by atoms with Gasteiger partial charge < -0.3 is 15.1 Å². The fraction of sp³-hybridized carbons (Fsp3) is 0.562. The number of nitrogens with zero attached hydrogens (tertiary/aromatic N) is 2. The van der Waals surface area contributed by atoms with Gasteiger partial charge in [0.2, 0.25) is 0 Å². The number of carbonyl (C=O) groups is 1. The summed E-state index contributed by atoms with van der Waals surface area (Å²) in [5.74, 6) is -0.213. The highest BCUT2D eigenvalue weighted by Crippen LogP contribution is 2.09. The molecule has 1 aromatic rings. The van der Waals surface area contributed by atoms with Crippen molar-refractivity contribution in [2.24, 2.45) is 0 Å². The number of piperazine rings is 1. The number of hydrogen-bond acceptors (Lipinski definition) is 2. The first-order valence-electron chi connectivity index (χ1n) is 7.61. The van der Waals surface area contributed by atoms with Crippen LogP contribution in [0.2, 0.25) is 0 Å². The standard InChI is InChI=1S/C16H24FN3O/c1-3-19-8-10-20(11-9-19)16(21)18-13(2)12-14-6-4-5-7-15(14)17/h4-7,13H,3,8-12H2,1-2H3,(H,18,21). The smallest absolute Gasteiger partial charge is 0.317 e. The van der Waals surface area contributed by atoms with Crippen LogP contribution in [0.4, 0.5) is 9.18 Å². The highest BCUT2D eigenvalue weighted by molar-refractivity contribution is 5.74. The van der Waals surface area contributed by atoms with Crippen molar-refractivity contribution in [1.29, 1.82) is 0 Å². The molecular formula is C16H24FN3O.